The van der Waals surface area contributed by atoms with Gasteiger partial charge in [0.2, 0.25) is 0 Å². The first-order valence-electron chi connectivity index (χ1n) is 6.08. The predicted molar refractivity (Wildman–Crippen MR) is 77.2 cm³/mol. The Morgan fingerprint density at radius 1 is 1.28 bits per heavy atom. The number of ether oxygens (including phenoxy) is 1. The van der Waals surface area contributed by atoms with Gasteiger partial charge in [-0.2, -0.15) is 0 Å². The third-order valence-corrected chi connectivity index (χ3v) is 3.40. The van der Waals surface area contributed by atoms with Gasteiger partial charge in [-0.25, -0.2) is 0 Å². The Labute approximate surface area is 116 Å². The molecule has 2 rings (SSSR count). The first kappa shape index (κ1) is 13.1. The van der Waals surface area contributed by atoms with Crippen molar-refractivity contribution in [2.75, 3.05) is 0 Å². The summed E-state index contributed by atoms with van der Waals surface area (Å²) in [5, 5.41) is 0. The lowest BCUT2D eigenvalue weighted by molar-refractivity contribution is 0.468. The number of halogens is 1. The molecule has 1 heterocycles. The highest BCUT2D eigenvalue weighted by Gasteiger charge is 2.10. The lowest BCUT2D eigenvalue weighted by Crippen LogP contribution is -1.96. The quantitative estimate of drug-likeness (QED) is 0.779. The summed E-state index contributed by atoms with van der Waals surface area (Å²) >= 11 is 3.39. The van der Waals surface area contributed by atoms with Crippen LogP contribution in [0.25, 0.3) is 0 Å². The molecule has 0 saturated heterocycles. The molecule has 0 N–H and O–H groups in total. The Kier molecular flexibility index (Phi) is 4.37. The van der Waals surface area contributed by atoms with E-state index in [1.54, 1.807) is 12.4 Å². The van der Waals surface area contributed by atoms with Crippen LogP contribution >= 0.6 is 15.9 Å². The number of hydrogen-bond donors (Lipinski definition) is 0. The molecule has 2 aromatic rings. The predicted octanol–water partition coefficient (Wildman–Crippen LogP) is 5.15. The normalized spacial score (nSPS) is 12.2. The molecule has 1 aromatic heterocycles. The molecule has 0 bridgehead atoms. The van der Waals surface area contributed by atoms with Gasteiger partial charge in [-0.1, -0.05) is 32.0 Å². The van der Waals surface area contributed by atoms with E-state index in [4.69, 9.17) is 4.74 Å². The molecule has 0 spiro atoms. The van der Waals surface area contributed by atoms with Gasteiger partial charge in [-0.15, -0.1) is 0 Å². The number of hydrogen-bond acceptors (Lipinski definition) is 2. The fraction of sp³-hybridized carbons (Fsp3) is 0.267. The second-order valence-corrected chi connectivity index (χ2v) is 5.20. The second-order valence-electron chi connectivity index (χ2n) is 4.29. The molecule has 2 nitrogen and oxygen atoms in total. The standard InChI is InChI=1S/C15H16BrNO/c1-3-11(2)14-6-4-5-7-15(14)18-13-8-12(16)9-17-10-13/h4-11H,3H2,1-2H3. The van der Waals surface area contributed by atoms with Gasteiger partial charge in [0.1, 0.15) is 11.5 Å². The summed E-state index contributed by atoms with van der Waals surface area (Å²) in [5.41, 5.74) is 1.24. The van der Waals surface area contributed by atoms with Crippen LogP contribution in [-0.4, -0.2) is 4.98 Å². The van der Waals surface area contributed by atoms with Gasteiger partial charge >= 0.3 is 0 Å². The van der Waals surface area contributed by atoms with Crippen molar-refractivity contribution in [1.82, 2.24) is 4.98 Å². The van der Waals surface area contributed by atoms with Crippen LogP contribution in [0.1, 0.15) is 31.7 Å². The largest absolute Gasteiger partial charge is 0.455 e. The molecule has 0 fully saturated rings. The van der Waals surface area contributed by atoms with Crippen molar-refractivity contribution >= 4 is 15.9 Å². The van der Waals surface area contributed by atoms with Crippen molar-refractivity contribution in [3.8, 4) is 11.5 Å². The highest BCUT2D eigenvalue weighted by atomic mass is 79.9. The fourth-order valence-electron chi connectivity index (χ4n) is 1.78. The maximum absolute atomic E-state index is 5.92. The van der Waals surface area contributed by atoms with E-state index in [0.29, 0.717) is 5.92 Å². The summed E-state index contributed by atoms with van der Waals surface area (Å²) in [4.78, 5) is 4.10. The number of pyridine rings is 1. The topological polar surface area (TPSA) is 22.1 Å². The summed E-state index contributed by atoms with van der Waals surface area (Å²) < 4.78 is 6.84. The average Bonchev–Trinajstić information content (AvgIpc) is 2.38. The molecule has 0 saturated carbocycles. The summed E-state index contributed by atoms with van der Waals surface area (Å²) in [6.45, 7) is 4.39. The lowest BCUT2D eigenvalue weighted by Gasteiger charge is -2.15. The molecule has 3 heteroatoms. The van der Waals surface area contributed by atoms with E-state index in [-0.39, 0.29) is 0 Å². The molecule has 1 unspecified atom stereocenters. The van der Waals surface area contributed by atoms with E-state index in [0.717, 1.165) is 22.4 Å². The molecular weight excluding hydrogens is 290 g/mol. The Bertz CT molecular complexity index is 527. The van der Waals surface area contributed by atoms with Gasteiger partial charge in [0.25, 0.3) is 0 Å². The van der Waals surface area contributed by atoms with Gasteiger partial charge in [0.05, 0.1) is 6.20 Å². The Balaban J connectivity index is 2.29. The summed E-state index contributed by atoms with van der Waals surface area (Å²) in [7, 11) is 0. The zero-order valence-electron chi connectivity index (χ0n) is 10.6. The van der Waals surface area contributed by atoms with Crippen molar-refractivity contribution in [1.29, 1.82) is 0 Å². The van der Waals surface area contributed by atoms with Gasteiger partial charge in [0.15, 0.2) is 0 Å². The fourth-order valence-corrected chi connectivity index (χ4v) is 2.12. The van der Waals surface area contributed by atoms with Crippen LogP contribution in [0.5, 0.6) is 11.5 Å². The maximum Gasteiger partial charge on any atom is 0.146 e. The molecular formula is C15H16BrNO. The van der Waals surface area contributed by atoms with Gasteiger partial charge in [0, 0.05) is 10.7 Å². The smallest absolute Gasteiger partial charge is 0.146 e. The van der Waals surface area contributed by atoms with Crippen LogP contribution in [0.3, 0.4) is 0 Å². The van der Waals surface area contributed by atoms with Crippen LogP contribution in [0.2, 0.25) is 0 Å². The van der Waals surface area contributed by atoms with Crippen molar-refractivity contribution < 1.29 is 4.74 Å². The molecule has 1 aromatic carbocycles. The lowest BCUT2D eigenvalue weighted by atomic mass is 9.98. The zero-order valence-corrected chi connectivity index (χ0v) is 12.1. The molecule has 94 valence electrons. The van der Waals surface area contributed by atoms with Crippen LogP contribution in [-0.2, 0) is 0 Å². The van der Waals surface area contributed by atoms with Crippen molar-refractivity contribution in [2.24, 2.45) is 0 Å². The highest BCUT2D eigenvalue weighted by molar-refractivity contribution is 9.10. The SMILES string of the molecule is CCC(C)c1ccccc1Oc1cncc(Br)c1. The highest BCUT2D eigenvalue weighted by Crippen LogP contribution is 2.32. The van der Waals surface area contributed by atoms with Gasteiger partial charge in [-0.3, -0.25) is 4.98 Å². The summed E-state index contributed by atoms with van der Waals surface area (Å²) in [6, 6.07) is 10.1. The Hall–Kier alpha value is -1.35. The number of rotatable bonds is 4. The number of aromatic nitrogens is 1. The molecule has 0 aliphatic rings. The first-order valence-corrected chi connectivity index (χ1v) is 6.87. The minimum Gasteiger partial charge on any atom is -0.455 e. The first-order chi connectivity index (χ1) is 8.70. The van der Waals surface area contributed by atoms with Crippen molar-refractivity contribution in [3.05, 3.63) is 52.8 Å². The number of para-hydroxylation sites is 1. The number of nitrogens with zero attached hydrogens (tertiary/aromatic N) is 1. The Morgan fingerprint density at radius 3 is 2.78 bits per heavy atom. The summed E-state index contributed by atoms with van der Waals surface area (Å²) in [6.07, 6.45) is 4.56. The zero-order chi connectivity index (χ0) is 13.0. The van der Waals surface area contributed by atoms with E-state index in [2.05, 4.69) is 40.8 Å². The molecule has 1 atom stereocenters. The van der Waals surface area contributed by atoms with Crippen LogP contribution in [0.4, 0.5) is 0 Å². The van der Waals surface area contributed by atoms with Crippen LogP contribution < -0.4 is 4.74 Å². The van der Waals surface area contributed by atoms with E-state index >= 15 is 0 Å². The minimum absolute atomic E-state index is 0.487. The van der Waals surface area contributed by atoms with Gasteiger partial charge in [-0.05, 0) is 46.0 Å². The summed E-state index contributed by atoms with van der Waals surface area (Å²) in [5.74, 6) is 2.15. The third kappa shape index (κ3) is 3.10. The molecule has 18 heavy (non-hydrogen) atoms. The minimum atomic E-state index is 0.487. The van der Waals surface area contributed by atoms with Crippen LogP contribution in [0.15, 0.2) is 47.2 Å². The molecule has 0 aliphatic carbocycles. The van der Waals surface area contributed by atoms with Crippen molar-refractivity contribution in [2.45, 2.75) is 26.2 Å². The third-order valence-electron chi connectivity index (χ3n) is 2.97. The Morgan fingerprint density at radius 2 is 2.06 bits per heavy atom. The van der Waals surface area contributed by atoms with E-state index in [9.17, 15) is 0 Å². The van der Waals surface area contributed by atoms with Gasteiger partial charge < -0.3 is 4.74 Å². The van der Waals surface area contributed by atoms with Crippen LogP contribution in [0, 0.1) is 0 Å². The monoisotopic (exact) mass is 305 g/mol. The number of benzene rings is 1. The second kappa shape index (κ2) is 6.01. The molecule has 0 radical (unpaired) electrons. The van der Waals surface area contributed by atoms with E-state index in [1.165, 1.54) is 5.56 Å². The molecule has 0 aliphatic heterocycles. The van der Waals surface area contributed by atoms with Crippen molar-refractivity contribution in [3.63, 3.8) is 0 Å². The average molecular weight is 306 g/mol. The maximum atomic E-state index is 5.92. The van der Waals surface area contributed by atoms with E-state index in [1.807, 2.05) is 24.3 Å². The molecule has 0 amide bonds. The van der Waals surface area contributed by atoms with E-state index < -0.39 is 0 Å².